The Morgan fingerprint density at radius 1 is 1.30 bits per heavy atom. The third kappa shape index (κ3) is 4.59. The zero-order valence-corrected chi connectivity index (χ0v) is 12.7. The van der Waals surface area contributed by atoms with Crippen LogP contribution in [0.4, 0.5) is 18.9 Å². The molecule has 1 aromatic heterocycles. The molecule has 0 radical (unpaired) electrons. The number of carbonyl (C=O) groups excluding carboxylic acids is 1. The maximum Gasteiger partial charge on any atom is 0.417 e. The first-order chi connectivity index (χ1) is 10.8. The van der Waals surface area contributed by atoms with Gasteiger partial charge in [0.05, 0.1) is 10.6 Å². The summed E-state index contributed by atoms with van der Waals surface area (Å²) in [5.41, 5.74) is -0.372. The number of pyridine rings is 1. The van der Waals surface area contributed by atoms with Crippen LogP contribution in [0.15, 0.2) is 36.5 Å². The summed E-state index contributed by atoms with van der Waals surface area (Å²) >= 11 is 6.03. The number of nitrogens with zero attached hydrogens (tertiary/aromatic N) is 1. The monoisotopic (exact) mass is 344 g/mol. The number of amides is 1. The van der Waals surface area contributed by atoms with Crippen molar-refractivity contribution in [1.29, 1.82) is 0 Å². The van der Waals surface area contributed by atoms with Gasteiger partial charge >= 0.3 is 6.18 Å². The highest BCUT2D eigenvalue weighted by atomic mass is 35.5. The van der Waals surface area contributed by atoms with E-state index in [1.807, 2.05) is 0 Å². The molecule has 0 aliphatic rings. The molecule has 122 valence electrons. The fourth-order valence-electron chi connectivity index (χ4n) is 1.63. The lowest BCUT2D eigenvalue weighted by atomic mass is 10.2. The molecule has 8 heteroatoms. The number of aromatic nitrogens is 1. The van der Waals surface area contributed by atoms with Crippen LogP contribution in [-0.2, 0) is 11.0 Å². The van der Waals surface area contributed by atoms with Crippen molar-refractivity contribution in [2.45, 2.75) is 19.5 Å². The zero-order valence-electron chi connectivity index (χ0n) is 11.9. The van der Waals surface area contributed by atoms with E-state index < -0.39 is 11.7 Å². The second-order valence-corrected chi connectivity index (χ2v) is 4.94. The van der Waals surface area contributed by atoms with Gasteiger partial charge in [-0.3, -0.25) is 4.79 Å². The van der Waals surface area contributed by atoms with Crippen LogP contribution < -0.4 is 10.1 Å². The van der Waals surface area contributed by atoms with Gasteiger partial charge in [-0.2, -0.15) is 13.2 Å². The molecule has 0 unspecified atom stereocenters. The molecule has 0 aliphatic carbocycles. The first kappa shape index (κ1) is 17.1. The zero-order chi connectivity index (χ0) is 17.0. The second-order valence-electron chi connectivity index (χ2n) is 4.53. The second kappa shape index (κ2) is 6.87. The SMILES string of the molecule is CCC(=O)Nc1ccc(Oc2ccc(C(F)(F)F)cn2)c(Cl)c1. The van der Waals surface area contributed by atoms with Gasteiger partial charge in [0.1, 0.15) is 5.75 Å². The van der Waals surface area contributed by atoms with Crippen molar-refractivity contribution < 1.29 is 22.7 Å². The number of anilines is 1. The van der Waals surface area contributed by atoms with Crippen molar-refractivity contribution in [3.8, 4) is 11.6 Å². The van der Waals surface area contributed by atoms with Crippen LogP contribution in [0.5, 0.6) is 11.6 Å². The van der Waals surface area contributed by atoms with Crippen molar-refractivity contribution >= 4 is 23.2 Å². The number of nitrogens with one attached hydrogen (secondary N) is 1. The van der Waals surface area contributed by atoms with Gasteiger partial charge in [-0.15, -0.1) is 0 Å². The van der Waals surface area contributed by atoms with E-state index in [9.17, 15) is 18.0 Å². The summed E-state index contributed by atoms with van der Waals surface area (Å²) in [4.78, 5) is 14.9. The molecule has 2 aromatic rings. The molecule has 1 aromatic carbocycles. The molecule has 1 heterocycles. The van der Waals surface area contributed by atoms with Crippen LogP contribution in [0.25, 0.3) is 0 Å². The summed E-state index contributed by atoms with van der Waals surface area (Å²) in [6.07, 6.45) is -3.45. The maximum atomic E-state index is 12.5. The van der Waals surface area contributed by atoms with Crippen LogP contribution in [0, 0.1) is 0 Å². The quantitative estimate of drug-likeness (QED) is 0.858. The van der Waals surface area contributed by atoms with Gasteiger partial charge in [-0.25, -0.2) is 4.98 Å². The van der Waals surface area contributed by atoms with E-state index >= 15 is 0 Å². The van der Waals surface area contributed by atoms with Gasteiger partial charge in [0.15, 0.2) is 0 Å². The molecular weight excluding hydrogens is 333 g/mol. The van der Waals surface area contributed by atoms with Gasteiger partial charge < -0.3 is 10.1 Å². The predicted molar refractivity (Wildman–Crippen MR) is 79.7 cm³/mol. The fraction of sp³-hybridized carbons (Fsp3) is 0.200. The normalized spacial score (nSPS) is 11.2. The third-order valence-electron chi connectivity index (χ3n) is 2.81. The first-order valence-corrected chi connectivity index (χ1v) is 6.98. The molecule has 1 N–H and O–H groups in total. The predicted octanol–water partition coefficient (Wildman–Crippen LogP) is 4.89. The molecule has 23 heavy (non-hydrogen) atoms. The smallest absolute Gasteiger partial charge is 0.417 e. The lowest BCUT2D eigenvalue weighted by molar-refractivity contribution is -0.137. The van der Waals surface area contributed by atoms with E-state index in [-0.39, 0.29) is 22.6 Å². The number of hydrogen-bond acceptors (Lipinski definition) is 3. The number of ether oxygens (including phenoxy) is 1. The highest BCUT2D eigenvalue weighted by molar-refractivity contribution is 6.32. The van der Waals surface area contributed by atoms with Crippen LogP contribution in [-0.4, -0.2) is 10.9 Å². The maximum absolute atomic E-state index is 12.5. The Labute approximate surface area is 135 Å². The highest BCUT2D eigenvalue weighted by Crippen LogP contribution is 2.33. The number of halogens is 4. The molecule has 0 spiro atoms. The van der Waals surface area contributed by atoms with Gasteiger partial charge in [0, 0.05) is 24.4 Å². The van der Waals surface area contributed by atoms with E-state index in [0.717, 1.165) is 12.1 Å². The Balaban J connectivity index is 2.12. The van der Waals surface area contributed by atoms with Crippen molar-refractivity contribution in [2.24, 2.45) is 0 Å². The van der Waals surface area contributed by atoms with E-state index in [2.05, 4.69) is 10.3 Å². The summed E-state index contributed by atoms with van der Waals surface area (Å²) in [5.74, 6) is 0.0257. The topological polar surface area (TPSA) is 51.2 Å². The number of alkyl halides is 3. The largest absolute Gasteiger partial charge is 0.437 e. The lowest BCUT2D eigenvalue weighted by Crippen LogP contribution is -2.09. The molecule has 0 fully saturated rings. The van der Waals surface area contributed by atoms with Crippen LogP contribution in [0.2, 0.25) is 5.02 Å². The van der Waals surface area contributed by atoms with E-state index in [4.69, 9.17) is 16.3 Å². The van der Waals surface area contributed by atoms with E-state index in [1.54, 1.807) is 13.0 Å². The van der Waals surface area contributed by atoms with Crippen molar-refractivity contribution in [2.75, 3.05) is 5.32 Å². The van der Waals surface area contributed by atoms with Crippen molar-refractivity contribution in [3.05, 3.63) is 47.1 Å². The number of rotatable bonds is 4. The van der Waals surface area contributed by atoms with E-state index in [1.165, 1.54) is 12.1 Å². The average Bonchev–Trinajstić information content (AvgIpc) is 2.49. The summed E-state index contributed by atoms with van der Waals surface area (Å²) in [6.45, 7) is 1.71. The van der Waals surface area contributed by atoms with Crippen LogP contribution >= 0.6 is 11.6 Å². The Hall–Kier alpha value is -2.28. The molecular formula is C15H12ClF3N2O2. The summed E-state index contributed by atoms with van der Waals surface area (Å²) < 4.78 is 42.7. The van der Waals surface area contributed by atoms with Crippen LogP contribution in [0.3, 0.4) is 0 Å². The van der Waals surface area contributed by atoms with Crippen LogP contribution in [0.1, 0.15) is 18.9 Å². The lowest BCUT2D eigenvalue weighted by Gasteiger charge is -2.10. The van der Waals surface area contributed by atoms with E-state index in [0.29, 0.717) is 18.3 Å². The van der Waals surface area contributed by atoms with Gasteiger partial charge in [0.25, 0.3) is 0 Å². The first-order valence-electron chi connectivity index (χ1n) is 6.60. The molecule has 2 rings (SSSR count). The highest BCUT2D eigenvalue weighted by Gasteiger charge is 2.30. The van der Waals surface area contributed by atoms with Gasteiger partial charge in [-0.1, -0.05) is 18.5 Å². The third-order valence-corrected chi connectivity index (χ3v) is 3.11. The minimum Gasteiger partial charge on any atom is -0.437 e. The molecule has 1 amide bonds. The molecule has 0 saturated heterocycles. The number of carbonyl (C=O) groups is 1. The average molecular weight is 345 g/mol. The molecule has 0 aliphatic heterocycles. The van der Waals surface area contributed by atoms with Gasteiger partial charge in [-0.05, 0) is 24.3 Å². The molecule has 0 atom stereocenters. The summed E-state index contributed by atoms with van der Waals surface area (Å²) in [7, 11) is 0. The summed E-state index contributed by atoms with van der Waals surface area (Å²) in [6, 6.07) is 6.51. The minimum atomic E-state index is -4.46. The van der Waals surface area contributed by atoms with Crippen molar-refractivity contribution in [3.63, 3.8) is 0 Å². The Morgan fingerprint density at radius 2 is 2.04 bits per heavy atom. The standard InChI is InChI=1S/C15H12ClF3N2O2/c1-2-13(22)21-10-4-5-12(11(16)7-10)23-14-6-3-9(8-20-14)15(17,18)19/h3-8H,2H2,1H3,(H,21,22). The fourth-order valence-corrected chi connectivity index (χ4v) is 1.85. The molecule has 4 nitrogen and oxygen atoms in total. The van der Waals surface area contributed by atoms with Crippen molar-refractivity contribution in [1.82, 2.24) is 4.98 Å². The van der Waals surface area contributed by atoms with Gasteiger partial charge in [0.2, 0.25) is 11.8 Å². The number of benzene rings is 1. The summed E-state index contributed by atoms with van der Waals surface area (Å²) in [5, 5.41) is 2.82. The Kier molecular flexibility index (Phi) is 5.10. The minimum absolute atomic E-state index is 0.0229. The molecule has 0 bridgehead atoms. The Bertz CT molecular complexity index is 703. The Morgan fingerprint density at radius 3 is 2.57 bits per heavy atom. The number of hydrogen-bond donors (Lipinski definition) is 1. The molecule has 0 saturated carbocycles.